The Hall–Kier alpha value is -4.44. The Kier molecular flexibility index (Phi) is 7.34. The number of fused-ring (bicyclic) bond motifs is 7. The van der Waals surface area contributed by atoms with Crippen LogP contribution in [0.25, 0.3) is 21.9 Å². The summed E-state index contributed by atoms with van der Waals surface area (Å²) < 4.78 is 13.3. The predicted molar refractivity (Wildman–Crippen MR) is 220 cm³/mol. The van der Waals surface area contributed by atoms with Gasteiger partial charge in [-0.1, -0.05) is 92.1 Å². The van der Waals surface area contributed by atoms with Gasteiger partial charge >= 0.3 is 0 Å². The largest absolute Gasteiger partial charge is 0.458 e. The molecule has 4 nitrogen and oxygen atoms in total. The van der Waals surface area contributed by atoms with Crippen molar-refractivity contribution in [2.45, 2.75) is 115 Å². The van der Waals surface area contributed by atoms with E-state index < -0.39 is 0 Å². The summed E-state index contributed by atoms with van der Waals surface area (Å²) in [6.07, 6.45) is 13.3. The van der Waals surface area contributed by atoms with Crippen molar-refractivity contribution in [3.8, 4) is 0 Å². The molecule has 4 bridgehead atoms. The summed E-state index contributed by atoms with van der Waals surface area (Å²) in [6.45, 7) is 9.30. The Morgan fingerprint density at radius 1 is 0.519 bits per heavy atom. The van der Waals surface area contributed by atoms with E-state index in [1.54, 1.807) is 0 Å². The number of benzene rings is 4. The van der Waals surface area contributed by atoms with Gasteiger partial charge in [0.1, 0.15) is 28.2 Å². The molecule has 5 saturated carbocycles. The summed E-state index contributed by atoms with van der Waals surface area (Å²) in [5, 5.41) is 2.63. The highest BCUT2D eigenvalue weighted by molar-refractivity contribution is 5.87. The fourth-order valence-electron chi connectivity index (χ4n) is 13.6. The highest BCUT2D eigenvalue weighted by Gasteiger charge is 2.67. The van der Waals surface area contributed by atoms with Gasteiger partial charge in [0.15, 0.2) is 0 Å². The van der Waals surface area contributed by atoms with Gasteiger partial charge in [0.2, 0.25) is 0 Å². The van der Waals surface area contributed by atoms with Crippen LogP contribution >= 0.6 is 0 Å². The van der Waals surface area contributed by atoms with Crippen LogP contribution in [0, 0.1) is 37.5 Å². The summed E-state index contributed by atoms with van der Waals surface area (Å²) in [5.74, 6) is 5.91. The molecule has 2 unspecified atom stereocenters. The van der Waals surface area contributed by atoms with Gasteiger partial charge in [-0.05, 0) is 132 Å². The van der Waals surface area contributed by atoms with Gasteiger partial charge < -0.3 is 18.6 Å². The van der Waals surface area contributed by atoms with Crippen molar-refractivity contribution in [2.75, 3.05) is 9.80 Å². The third-order valence-corrected chi connectivity index (χ3v) is 15.3. The van der Waals surface area contributed by atoms with E-state index in [1.165, 1.54) is 120 Å². The lowest BCUT2D eigenvalue weighted by Gasteiger charge is -2.63. The highest BCUT2D eigenvalue weighted by Crippen LogP contribution is 2.70. The van der Waals surface area contributed by atoms with E-state index >= 15 is 0 Å². The molecule has 276 valence electrons. The second-order valence-corrected chi connectivity index (χ2v) is 18.1. The minimum absolute atomic E-state index is 0.0259. The first-order chi connectivity index (χ1) is 26.4. The van der Waals surface area contributed by atoms with Crippen molar-refractivity contribution < 1.29 is 8.83 Å². The van der Waals surface area contributed by atoms with Crippen molar-refractivity contribution in [2.24, 2.45) is 23.7 Å². The van der Waals surface area contributed by atoms with E-state index in [9.17, 15) is 0 Å². The Morgan fingerprint density at radius 2 is 0.981 bits per heavy atom. The molecule has 4 heteroatoms. The van der Waals surface area contributed by atoms with Crippen molar-refractivity contribution in [1.29, 1.82) is 0 Å². The number of furan rings is 2. The zero-order valence-electron chi connectivity index (χ0n) is 32.5. The van der Waals surface area contributed by atoms with Crippen LogP contribution in [-0.2, 0) is 11.1 Å². The fourth-order valence-corrected chi connectivity index (χ4v) is 13.6. The lowest BCUT2D eigenvalue weighted by atomic mass is 9.48. The van der Waals surface area contributed by atoms with Crippen LogP contribution in [0.15, 0.2) is 106 Å². The monoisotopic (exact) mass is 714 g/mol. The van der Waals surface area contributed by atoms with Crippen LogP contribution in [0.2, 0.25) is 0 Å². The molecule has 4 aromatic carbocycles. The summed E-state index contributed by atoms with van der Waals surface area (Å²) in [5.41, 5.74) is 10.6. The molecule has 0 N–H and O–H groups in total. The van der Waals surface area contributed by atoms with Crippen LogP contribution in [0.1, 0.15) is 124 Å². The third-order valence-electron chi connectivity index (χ3n) is 15.3. The molecule has 5 aliphatic carbocycles. The number of hydrogen-bond acceptors (Lipinski definition) is 4. The van der Waals surface area contributed by atoms with Crippen LogP contribution < -0.4 is 9.80 Å². The molecule has 54 heavy (non-hydrogen) atoms. The molecule has 0 amide bonds. The molecule has 2 atom stereocenters. The molecule has 5 fully saturated rings. The summed E-state index contributed by atoms with van der Waals surface area (Å²) in [6, 6.07) is 35.9. The number of hydrogen-bond donors (Lipinski definition) is 0. The van der Waals surface area contributed by atoms with Crippen molar-refractivity contribution in [1.82, 2.24) is 0 Å². The average Bonchev–Trinajstić information content (AvgIpc) is 3.89. The number of rotatable bonds is 2. The van der Waals surface area contributed by atoms with Crippen molar-refractivity contribution in [3.63, 3.8) is 0 Å². The minimum Gasteiger partial charge on any atom is -0.458 e. The molecule has 2 aromatic heterocycles. The fraction of sp³-hybridized carbons (Fsp3) is 0.440. The van der Waals surface area contributed by atoms with Crippen LogP contribution in [-0.4, -0.2) is 0 Å². The molecular weight excluding hydrogens is 661 g/mol. The Bertz CT molecular complexity index is 2360. The van der Waals surface area contributed by atoms with Gasteiger partial charge in [0.05, 0.1) is 17.6 Å². The van der Waals surface area contributed by atoms with Gasteiger partial charge in [-0.15, -0.1) is 0 Å². The van der Waals surface area contributed by atoms with Gasteiger partial charge in [0.25, 0.3) is 0 Å². The molecule has 7 aliphatic rings. The molecule has 13 rings (SSSR count). The molecular formula is C50H54N2O2. The van der Waals surface area contributed by atoms with Crippen molar-refractivity contribution in [3.05, 3.63) is 131 Å². The van der Waals surface area contributed by atoms with Gasteiger partial charge in [0, 0.05) is 33.3 Å². The van der Waals surface area contributed by atoms with E-state index in [-0.39, 0.29) is 11.1 Å². The third kappa shape index (κ3) is 4.37. The lowest BCUT2D eigenvalue weighted by molar-refractivity contribution is -0.0679. The first kappa shape index (κ1) is 32.9. The lowest BCUT2D eigenvalue weighted by Crippen LogP contribution is -2.62. The van der Waals surface area contributed by atoms with Gasteiger partial charge in [-0.25, -0.2) is 0 Å². The molecule has 2 spiro atoms. The maximum Gasteiger partial charge on any atom is 0.136 e. The maximum absolute atomic E-state index is 6.81. The van der Waals surface area contributed by atoms with Gasteiger partial charge in [-0.2, -0.15) is 0 Å². The first-order valence-electron chi connectivity index (χ1n) is 21.1. The Labute approximate surface area is 320 Å². The number of para-hydroxylation sites is 4. The quantitative estimate of drug-likeness (QED) is 0.179. The number of anilines is 2. The summed E-state index contributed by atoms with van der Waals surface area (Å²) >= 11 is 0. The van der Waals surface area contributed by atoms with E-state index in [0.29, 0.717) is 12.1 Å². The zero-order chi connectivity index (χ0) is 36.3. The number of nitrogens with zero attached hydrogens (tertiary/aromatic N) is 2. The SMILES string of the molecule is Cc1ccccc1N1C(C)c2c(oc3ccccc23)C12C1CC3CC(C1)CC2C3.Cc1ccccc1N1C(C)c2c(oc3ccccc23)C12CCCCC2. The van der Waals surface area contributed by atoms with E-state index in [4.69, 9.17) is 8.83 Å². The first-order valence-corrected chi connectivity index (χ1v) is 21.1. The van der Waals surface area contributed by atoms with Crippen LogP contribution in [0.4, 0.5) is 11.4 Å². The molecule has 4 heterocycles. The Morgan fingerprint density at radius 3 is 1.56 bits per heavy atom. The minimum atomic E-state index is 0.0259. The van der Waals surface area contributed by atoms with E-state index in [1.807, 2.05) is 0 Å². The average molecular weight is 715 g/mol. The maximum atomic E-state index is 6.81. The van der Waals surface area contributed by atoms with E-state index in [0.717, 1.165) is 34.8 Å². The zero-order valence-corrected chi connectivity index (χ0v) is 32.5. The second kappa shape index (κ2) is 12.0. The van der Waals surface area contributed by atoms with Crippen LogP contribution in [0.5, 0.6) is 0 Å². The normalized spacial score (nSPS) is 30.0. The smallest absolute Gasteiger partial charge is 0.136 e. The standard InChI is InChI=1S/C27H29NO.C23H25NO/c1-16-7-3-5-9-23(16)28-17(2)25-22-8-4-6-10-24(22)29-26(25)27(28)20-12-18-11-19(14-20)15-21(27)13-18;1-16-10-4-6-12-19(16)24-17(2)21-18-11-5-7-13-20(18)25-22(21)23(24)14-8-3-9-15-23/h3-10,17-21H,11-15H2,1-2H3;4-7,10-13,17H,3,8-9,14-15H2,1-2H3. The molecule has 2 aliphatic heterocycles. The second-order valence-electron chi connectivity index (χ2n) is 18.1. The summed E-state index contributed by atoms with van der Waals surface area (Å²) in [7, 11) is 0. The predicted octanol–water partition coefficient (Wildman–Crippen LogP) is 13.5. The van der Waals surface area contributed by atoms with Gasteiger partial charge in [-0.3, -0.25) is 0 Å². The Balaban J connectivity index is 0.000000128. The summed E-state index contributed by atoms with van der Waals surface area (Å²) in [4.78, 5) is 5.51. The number of aryl methyl sites for hydroxylation is 2. The molecule has 0 radical (unpaired) electrons. The molecule has 0 saturated heterocycles. The van der Waals surface area contributed by atoms with Crippen LogP contribution in [0.3, 0.4) is 0 Å². The highest BCUT2D eigenvalue weighted by atomic mass is 16.3. The molecule has 6 aromatic rings. The topological polar surface area (TPSA) is 32.8 Å². The van der Waals surface area contributed by atoms with Crippen molar-refractivity contribution >= 4 is 33.3 Å². The van der Waals surface area contributed by atoms with E-state index in [2.05, 4.69) is 135 Å².